The SMILES string of the molecule is COc1cc2c(cc1OC)N1CC(OC)CC1C(=O)N2. The molecule has 1 aromatic carbocycles. The van der Waals surface area contributed by atoms with E-state index in [4.69, 9.17) is 14.2 Å². The smallest absolute Gasteiger partial charge is 0.247 e. The van der Waals surface area contributed by atoms with Crippen LogP contribution in [-0.2, 0) is 9.53 Å². The largest absolute Gasteiger partial charge is 0.493 e. The number of rotatable bonds is 3. The van der Waals surface area contributed by atoms with Gasteiger partial charge in [-0.25, -0.2) is 0 Å². The summed E-state index contributed by atoms with van der Waals surface area (Å²) in [6.45, 7) is 0.705. The molecule has 1 amide bonds. The molecule has 1 N–H and O–H groups in total. The van der Waals surface area contributed by atoms with Gasteiger partial charge in [-0.3, -0.25) is 4.79 Å². The van der Waals surface area contributed by atoms with E-state index >= 15 is 0 Å². The fraction of sp³-hybridized carbons (Fsp3) is 0.500. The van der Waals surface area contributed by atoms with Gasteiger partial charge in [-0.1, -0.05) is 0 Å². The van der Waals surface area contributed by atoms with Gasteiger partial charge in [-0.2, -0.15) is 0 Å². The number of hydrogen-bond donors (Lipinski definition) is 1. The van der Waals surface area contributed by atoms with Crippen LogP contribution in [0.1, 0.15) is 6.42 Å². The third-order valence-corrected chi connectivity index (χ3v) is 3.97. The first-order valence-electron chi connectivity index (χ1n) is 6.54. The van der Waals surface area contributed by atoms with Crippen molar-refractivity contribution in [3.63, 3.8) is 0 Å². The van der Waals surface area contributed by atoms with Crippen molar-refractivity contribution in [2.45, 2.75) is 18.6 Å². The Bertz CT molecular complexity index is 546. The van der Waals surface area contributed by atoms with Gasteiger partial charge in [0.15, 0.2) is 11.5 Å². The van der Waals surface area contributed by atoms with Crippen LogP contribution in [0.5, 0.6) is 11.5 Å². The molecular weight excluding hydrogens is 260 g/mol. The maximum atomic E-state index is 12.2. The van der Waals surface area contributed by atoms with E-state index in [1.165, 1.54) is 0 Å². The Kier molecular flexibility index (Phi) is 3.17. The van der Waals surface area contributed by atoms with Crippen molar-refractivity contribution in [1.29, 1.82) is 0 Å². The van der Waals surface area contributed by atoms with Gasteiger partial charge in [0.05, 0.1) is 31.7 Å². The predicted octanol–water partition coefficient (Wildman–Crippen LogP) is 1.25. The number of hydrogen-bond acceptors (Lipinski definition) is 5. The molecule has 0 radical (unpaired) electrons. The van der Waals surface area contributed by atoms with Crippen LogP contribution in [0.15, 0.2) is 12.1 Å². The van der Waals surface area contributed by atoms with E-state index in [0.29, 0.717) is 24.5 Å². The third kappa shape index (κ3) is 1.87. The number of fused-ring (bicyclic) bond motifs is 3. The van der Waals surface area contributed by atoms with Crippen LogP contribution in [0.25, 0.3) is 0 Å². The molecule has 2 aliphatic heterocycles. The van der Waals surface area contributed by atoms with E-state index in [-0.39, 0.29) is 18.1 Å². The third-order valence-electron chi connectivity index (χ3n) is 3.97. The Morgan fingerprint density at radius 3 is 2.55 bits per heavy atom. The van der Waals surface area contributed by atoms with Crippen LogP contribution < -0.4 is 19.7 Å². The second-order valence-electron chi connectivity index (χ2n) is 4.98. The lowest BCUT2D eigenvalue weighted by Crippen LogP contribution is -2.43. The number of nitrogens with one attached hydrogen (secondary N) is 1. The van der Waals surface area contributed by atoms with Gasteiger partial charge < -0.3 is 24.4 Å². The molecule has 2 unspecified atom stereocenters. The first-order chi connectivity index (χ1) is 9.67. The van der Waals surface area contributed by atoms with Crippen molar-refractivity contribution in [2.75, 3.05) is 38.1 Å². The quantitative estimate of drug-likeness (QED) is 0.901. The van der Waals surface area contributed by atoms with Crippen molar-refractivity contribution in [1.82, 2.24) is 0 Å². The molecule has 6 heteroatoms. The zero-order valence-corrected chi connectivity index (χ0v) is 11.8. The van der Waals surface area contributed by atoms with Gasteiger partial charge in [-0.15, -0.1) is 0 Å². The summed E-state index contributed by atoms with van der Waals surface area (Å²) in [7, 11) is 4.86. The molecule has 0 aromatic heterocycles. The molecule has 2 heterocycles. The van der Waals surface area contributed by atoms with E-state index in [0.717, 1.165) is 11.4 Å². The standard InChI is InChI=1S/C14H18N2O4/c1-18-8-4-11-14(17)15-9-5-12(19-2)13(20-3)6-10(9)16(11)7-8/h5-6,8,11H,4,7H2,1-3H3,(H,15,17). The lowest BCUT2D eigenvalue weighted by Gasteiger charge is -2.33. The Hall–Kier alpha value is -1.95. The number of methoxy groups -OCH3 is 3. The van der Waals surface area contributed by atoms with Crippen LogP contribution in [0, 0.1) is 0 Å². The average Bonchev–Trinajstić information content (AvgIpc) is 2.91. The van der Waals surface area contributed by atoms with Crippen molar-refractivity contribution < 1.29 is 19.0 Å². The zero-order chi connectivity index (χ0) is 14.3. The number of nitrogens with zero attached hydrogens (tertiary/aromatic N) is 1. The van der Waals surface area contributed by atoms with Gasteiger partial charge >= 0.3 is 0 Å². The maximum absolute atomic E-state index is 12.2. The van der Waals surface area contributed by atoms with E-state index < -0.39 is 0 Å². The summed E-state index contributed by atoms with van der Waals surface area (Å²) in [4.78, 5) is 14.2. The summed E-state index contributed by atoms with van der Waals surface area (Å²) in [5.74, 6) is 1.26. The summed E-state index contributed by atoms with van der Waals surface area (Å²) in [5, 5.41) is 2.93. The molecule has 3 rings (SSSR count). The van der Waals surface area contributed by atoms with Crippen LogP contribution in [0.3, 0.4) is 0 Å². The molecule has 0 spiro atoms. The minimum absolute atomic E-state index is 0.00395. The van der Waals surface area contributed by atoms with Crippen molar-refractivity contribution in [3.05, 3.63) is 12.1 Å². The maximum Gasteiger partial charge on any atom is 0.247 e. The lowest BCUT2D eigenvalue weighted by molar-refractivity contribution is -0.117. The molecule has 1 fully saturated rings. The number of carbonyl (C=O) groups is 1. The minimum atomic E-state index is -0.175. The predicted molar refractivity (Wildman–Crippen MR) is 74.7 cm³/mol. The Morgan fingerprint density at radius 2 is 1.90 bits per heavy atom. The second kappa shape index (κ2) is 4.86. The fourth-order valence-electron chi connectivity index (χ4n) is 2.91. The molecule has 0 bridgehead atoms. The number of benzene rings is 1. The minimum Gasteiger partial charge on any atom is -0.493 e. The van der Waals surface area contributed by atoms with Crippen molar-refractivity contribution in [3.8, 4) is 11.5 Å². The highest BCUT2D eigenvalue weighted by molar-refractivity contribution is 6.04. The summed E-state index contributed by atoms with van der Waals surface area (Å²) >= 11 is 0. The van der Waals surface area contributed by atoms with Gasteiger partial charge in [-0.05, 0) is 0 Å². The van der Waals surface area contributed by atoms with Gasteiger partial charge in [0, 0.05) is 32.2 Å². The Balaban J connectivity index is 2.04. The fourth-order valence-corrected chi connectivity index (χ4v) is 2.91. The number of anilines is 2. The first-order valence-corrected chi connectivity index (χ1v) is 6.54. The normalized spacial score (nSPS) is 23.9. The molecule has 6 nitrogen and oxygen atoms in total. The molecule has 108 valence electrons. The lowest BCUT2D eigenvalue weighted by atomic mass is 10.1. The highest BCUT2D eigenvalue weighted by Gasteiger charge is 2.41. The van der Waals surface area contributed by atoms with E-state index in [1.807, 2.05) is 6.07 Å². The molecule has 2 aliphatic rings. The summed E-state index contributed by atoms with van der Waals surface area (Å²) < 4.78 is 16.0. The Labute approximate surface area is 117 Å². The van der Waals surface area contributed by atoms with E-state index in [2.05, 4.69) is 10.2 Å². The molecule has 20 heavy (non-hydrogen) atoms. The highest BCUT2D eigenvalue weighted by atomic mass is 16.5. The van der Waals surface area contributed by atoms with Gasteiger partial charge in [0.2, 0.25) is 5.91 Å². The summed E-state index contributed by atoms with van der Waals surface area (Å²) in [6, 6.07) is 3.52. The zero-order valence-electron chi connectivity index (χ0n) is 11.8. The van der Waals surface area contributed by atoms with Crippen LogP contribution >= 0.6 is 0 Å². The molecule has 0 aliphatic carbocycles. The van der Waals surface area contributed by atoms with Crippen molar-refractivity contribution in [2.24, 2.45) is 0 Å². The molecule has 1 saturated heterocycles. The summed E-state index contributed by atoms with van der Waals surface area (Å²) in [6.07, 6.45) is 0.778. The molecule has 1 aromatic rings. The molecular formula is C14H18N2O4. The van der Waals surface area contributed by atoms with Gasteiger partial charge in [0.25, 0.3) is 0 Å². The first kappa shape index (κ1) is 13.1. The molecule has 0 saturated carbocycles. The number of amides is 1. The second-order valence-corrected chi connectivity index (χ2v) is 4.98. The van der Waals surface area contributed by atoms with Crippen LogP contribution in [0.2, 0.25) is 0 Å². The number of ether oxygens (including phenoxy) is 3. The summed E-state index contributed by atoms with van der Waals surface area (Å²) in [5.41, 5.74) is 1.70. The Morgan fingerprint density at radius 1 is 1.20 bits per heavy atom. The van der Waals surface area contributed by atoms with Gasteiger partial charge in [0.1, 0.15) is 6.04 Å². The molecule has 2 atom stereocenters. The van der Waals surface area contributed by atoms with E-state index in [9.17, 15) is 4.79 Å². The van der Waals surface area contributed by atoms with E-state index in [1.54, 1.807) is 27.4 Å². The van der Waals surface area contributed by atoms with Crippen molar-refractivity contribution >= 4 is 17.3 Å². The number of carbonyl (C=O) groups excluding carboxylic acids is 1. The topological polar surface area (TPSA) is 60.0 Å². The monoisotopic (exact) mass is 278 g/mol. The van der Waals surface area contributed by atoms with Crippen LogP contribution in [-0.4, -0.2) is 45.9 Å². The van der Waals surface area contributed by atoms with Crippen LogP contribution in [0.4, 0.5) is 11.4 Å². The highest BCUT2D eigenvalue weighted by Crippen LogP contribution is 2.43. The average molecular weight is 278 g/mol.